The van der Waals surface area contributed by atoms with E-state index < -0.39 is 24.2 Å². The van der Waals surface area contributed by atoms with Crippen LogP contribution >= 0.6 is 0 Å². The number of hydrogen-bond donors (Lipinski definition) is 4. The van der Waals surface area contributed by atoms with Gasteiger partial charge in [-0.25, -0.2) is 4.98 Å². The molecule has 24 heteroatoms. The van der Waals surface area contributed by atoms with Crippen LogP contribution < -0.4 is 44.4 Å². The predicted octanol–water partition coefficient (Wildman–Crippen LogP) is 8.38. The molecule has 0 saturated carbocycles. The minimum Gasteiger partial charge on any atom is -0.454 e. The van der Waals surface area contributed by atoms with Gasteiger partial charge in [-0.2, -0.15) is 10.2 Å². The van der Waals surface area contributed by atoms with Gasteiger partial charge in [0, 0.05) is 101 Å². The second kappa shape index (κ2) is 25.7. The van der Waals surface area contributed by atoms with Crippen molar-refractivity contribution in [2.24, 2.45) is 14.1 Å². The summed E-state index contributed by atoms with van der Waals surface area (Å²) < 4.78 is 61.8. The molecular weight excluding hydrogens is 1200 g/mol. The van der Waals surface area contributed by atoms with Gasteiger partial charge in [-0.1, -0.05) is 36.4 Å². The van der Waals surface area contributed by atoms with E-state index in [1.54, 1.807) is 28.7 Å². The van der Waals surface area contributed by atoms with Gasteiger partial charge in [0.15, 0.2) is 40.4 Å². The van der Waals surface area contributed by atoms with Crippen molar-refractivity contribution in [2.45, 2.75) is 94.7 Å². The van der Waals surface area contributed by atoms with Crippen molar-refractivity contribution in [2.75, 3.05) is 46.8 Å². The summed E-state index contributed by atoms with van der Waals surface area (Å²) in [5.74, 6) is 2.37. The van der Waals surface area contributed by atoms with Crippen LogP contribution in [0.5, 0.6) is 34.5 Å². The molecule has 0 radical (unpaired) electrons. The molecule has 3 amide bonds. The molecule has 5 aromatic heterocycles. The summed E-state index contributed by atoms with van der Waals surface area (Å²) in [6.45, 7) is 3.43. The normalized spacial score (nSPS) is 19.7. The van der Waals surface area contributed by atoms with E-state index in [2.05, 4.69) is 20.9 Å². The molecule has 4 N–H and O–H groups in total. The zero-order chi connectivity index (χ0) is 64.0. The third-order valence-corrected chi connectivity index (χ3v) is 17.9. The Labute approximate surface area is 539 Å². The van der Waals surface area contributed by atoms with Gasteiger partial charge in [-0.15, -0.1) is 0 Å². The SMILES string of the molecule is Cc1nc(-c2ccc(Cc3cc4c(c(C(=O)N[C@H]5CC(c6cn(C)nc6-c6ccc(Cc7cc8c(c(C(=O)NC9CCOC(c%10cn(C)nc%10-c%10ccc(Cc%11cc%12c(c(C(=O)NC%13CCOCC%13)c%11)OCO%12)cn%10)C9)c7)OCO8)cn6)OC[C@@H]5O)c3)OCO4)cc2)co1. The molecule has 3 fully saturated rings. The fourth-order valence-corrected chi connectivity index (χ4v) is 13.1. The molecule has 3 unspecified atom stereocenters. The Hall–Kier alpha value is -10.1. The van der Waals surface area contributed by atoms with Crippen LogP contribution in [0, 0.1) is 6.92 Å². The first-order chi connectivity index (χ1) is 45.8. The molecule has 6 aliphatic heterocycles. The summed E-state index contributed by atoms with van der Waals surface area (Å²) in [6, 6.07) is 26.1. The second-order valence-corrected chi connectivity index (χ2v) is 24.5. The number of ether oxygens (including phenoxy) is 9. The number of pyridine rings is 2. The number of hydrogen-bond acceptors (Lipinski definition) is 19. The van der Waals surface area contributed by atoms with Gasteiger partial charge in [-0.3, -0.25) is 33.7 Å². The molecule has 482 valence electrons. The minimum atomic E-state index is -0.986. The highest BCUT2D eigenvalue weighted by Gasteiger charge is 2.37. The lowest BCUT2D eigenvalue weighted by Gasteiger charge is -2.34. The van der Waals surface area contributed by atoms with Gasteiger partial charge in [0.05, 0.1) is 59.0 Å². The summed E-state index contributed by atoms with van der Waals surface area (Å²) in [7, 11) is 3.68. The fraction of sp³-hybridized carbons (Fsp3) is 0.343. The maximum absolute atomic E-state index is 14.4. The Balaban J connectivity index is 0.584. The van der Waals surface area contributed by atoms with E-state index in [1.165, 1.54) is 0 Å². The van der Waals surface area contributed by atoms with Gasteiger partial charge < -0.3 is 68.1 Å². The topological polar surface area (TPSA) is 278 Å². The molecule has 15 rings (SSSR count). The molecule has 94 heavy (non-hydrogen) atoms. The van der Waals surface area contributed by atoms with E-state index >= 15 is 0 Å². The monoisotopic (exact) mass is 1270 g/mol. The highest BCUT2D eigenvalue weighted by molar-refractivity contribution is 6.00. The van der Waals surface area contributed by atoms with E-state index in [9.17, 15) is 19.5 Å². The second-order valence-electron chi connectivity index (χ2n) is 24.5. The summed E-state index contributed by atoms with van der Waals surface area (Å²) >= 11 is 0. The predicted molar refractivity (Wildman–Crippen MR) is 337 cm³/mol. The number of aromatic nitrogens is 7. The number of oxazole rings is 1. The van der Waals surface area contributed by atoms with Crippen LogP contribution in [0.4, 0.5) is 0 Å². The number of aliphatic hydroxyl groups excluding tert-OH is 1. The molecule has 11 heterocycles. The van der Waals surface area contributed by atoms with Crippen molar-refractivity contribution >= 4 is 17.7 Å². The summed E-state index contributed by atoms with van der Waals surface area (Å²) in [5, 5.41) is 30.4. The van der Waals surface area contributed by atoms with E-state index in [-0.39, 0.29) is 63.4 Å². The van der Waals surface area contributed by atoms with Crippen LogP contribution in [-0.4, -0.2) is 128 Å². The number of aliphatic hydroxyl groups is 1. The number of nitrogens with one attached hydrogen (secondary N) is 3. The molecule has 0 spiro atoms. The summed E-state index contributed by atoms with van der Waals surface area (Å²) in [6.07, 6.45) is 11.5. The Morgan fingerprint density at radius 3 is 1.54 bits per heavy atom. The Morgan fingerprint density at radius 2 is 1.03 bits per heavy atom. The number of aryl methyl sites for hydroxylation is 3. The number of fused-ring (bicyclic) bond motifs is 3. The summed E-state index contributed by atoms with van der Waals surface area (Å²) in [4.78, 5) is 56.3. The fourth-order valence-electron chi connectivity index (χ4n) is 13.1. The van der Waals surface area contributed by atoms with Crippen molar-refractivity contribution < 1.29 is 66.5 Å². The smallest absolute Gasteiger partial charge is 0.255 e. The Morgan fingerprint density at radius 1 is 0.543 bits per heavy atom. The number of nitrogens with zero attached hydrogens (tertiary/aromatic N) is 7. The number of carbonyl (C=O) groups is 3. The maximum atomic E-state index is 14.4. The largest absolute Gasteiger partial charge is 0.454 e. The lowest BCUT2D eigenvalue weighted by Crippen LogP contribution is -2.49. The molecule has 4 aromatic carbocycles. The van der Waals surface area contributed by atoms with Crippen molar-refractivity contribution in [3.63, 3.8) is 0 Å². The molecule has 0 aliphatic carbocycles. The van der Waals surface area contributed by atoms with Gasteiger partial charge >= 0.3 is 0 Å². The standard InChI is InChI=1S/C70H68N10O14/c1-38-73-56(33-87-38)45-8-4-39(5-9-45)18-42-21-50(67-60(24-42)89-37-94-67)70(84)76-55-28-59(88-34-57(55)81)52-32-80(3)78-64(52)54-11-7-41(30-72-54)20-44-23-49(66-62(26-44)91-36-93-66)69(83)75-47-14-17-86-58(27-47)51-31-79(2)77-63(51)53-10-6-40(29-71-53)19-43-22-48(65-61(25-43)90-35-92-65)68(82)74-46-12-15-85-16-13-46/h4-11,21-26,29-33,46-47,55,57-59,81H,12-20,27-28,34-37H2,1-3H3,(H,74,82)(H,75,83)(H,76,84)/t47?,55-,57-,58?,59?/m0/s1. The average molecular weight is 1270 g/mol. The van der Waals surface area contributed by atoms with E-state index in [4.69, 9.17) is 67.2 Å². The summed E-state index contributed by atoms with van der Waals surface area (Å²) in [5.41, 5.74) is 12.4. The lowest BCUT2D eigenvalue weighted by atomic mass is 9.94. The van der Waals surface area contributed by atoms with Gasteiger partial charge in [0.2, 0.25) is 20.4 Å². The molecule has 24 nitrogen and oxygen atoms in total. The van der Waals surface area contributed by atoms with Gasteiger partial charge in [-0.05, 0) is 127 Å². The minimum absolute atomic E-state index is 0.0186. The van der Waals surface area contributed by atoms with E-state index in [0.717, 1.165) is 68.6 Å². The van der Waals surface area contributed by atoms with Crippen molar-refractivity contribution in [1.82, 2.24) is 50.5 Å². The number of amides is 3. The Bertz CT molecular complexity index is 4330. The number of carbonyl (C=O) groups excluding carboxylic acids is 3. The average Bonchev–Trinajstić information content (AvgIpc) is 2.89. The molecule has 6 aliphatic rings. The first kappa shape index (κ1) is 60.1. The van der Waals surface area contributed by atoms with Crippen LogP contribution in [0.1, 0.15) is 126 Å². The zero-order valence-corrected chi connectivity index (χ0v) is 51.9. The highest BCUT2D eigenvalue weighted by atomic mass is 16.7. The third kappa shape index (κ3) is 12.6. The van der Waals surface area contributed by atoms with Crippen LogP contribution in [0.15, 0.2) is 120 Å². The van der Waals surface area contributed by atoms with E-state index in [1.807, 2.05) is 118 Å². The van der Waals surface area contributed by atoms with Gasteiger partial charge in [0.25, 0.3) is 17.7 Å². The van der Waals surface area contributed by atoms with Crippen LogP contribution in [0.2, 0.25) is 0 Å². The Kier molecular flexibility index (Phi) is 16.5. The molecule has 3 saturated heterocycles. The highest BCUT2D eigenvalue weighted by Crippen LogP contribution is 2.43. The first-order valence-electron chi connectivity index (χ1n) is 31.5. The zero-order valence-electron chi connectivity index (χ0n) is 51.9. The van der Waals surface area contributed by atoms with Crippen LogP contribution in [0.3, 0.4) is 0 Å². The lowest BCUT2D eigenvalue weighted by molar-refractivity contribution is -0.0732. The van der Waals surface area contributed by atoms with Crippen molar-refractivity contribution in [3.05, 3.63) is 183 Å². The molecule has 0 bridgehead atoms. The quantitative estimate of drug-likeness (QED) is 0.0666. The van der Waals surface area contributed by atoms with Crippen LogP contribution in [-0.2, 0) is 47.6 Å². The van der Waals surface area contributed by atoms with Crippen molar-refractivity contribution in [3.8, 4) is 68.5 Å². The molecule has 5 atom stereocenters. The maximum Gasteiger partial charge on any atom is 0.255 e. The van der Waals surface area contributed by atoms with Crippen molar-refractivity contribution in [1.29, 1.82) is 0 Å². The molecule has 9 aromatic rings. The first-order valence-corrected chi connectivity index (χ1v) is 31.5. The number of rotatable bonds is 17. The molecular formula is C70H68N10O14. The van der Waals surface area contributed by atoms with E-state index in [0.29, 0.717) is 132 Å². The number of benzene rings is 4. The van der Waals surface area contributed by atoms with Gasteiger partial charge in [0.1, 0.15) is 23.3 Å². The third-order valence-electron chi connectivity index (χ3n) is 17.9. The van der Waals surface area contributed by atoms with Crippen LogP contribution in [0.25, 0.3) is 34.0 Å².